The molecule has 1 amide bonds. The number of carbonyl (C=O) groups is 1. The van der Waals surface area contributed by atoms with Crippen LogP contribution in [-0.2, 0) is 6.54 Å². The van der Waals surface area contributed by atoms with E-state index in [1.54, 1.807) is 36.9 Å². The van der Waals surface area contributed by atoms with Crippen molar-refractivity contribution in [3.8, 4) is 5.88 Å². The van der Waals surface area contributed by atoms with E-state index in [0.29, 0.717) is 23.7 Å². The van der Waals surface area contributed by atoms with Crippen LogP contribution in [0.25, 0.3) is 0 Å². The summed E-state index contributed by atoms with van der Waals surface area (Å²) in [6.07, 6.45) is 7.57. The van der Waals surface area contributed by atoms with Crippen molar-refractivity contribution in [2.24, 2.45) is 0 Å². The second-order valence-electron chi connectivity index (χ2n) is 4.84. The van der Waals surface area contributed by atoms with Crippen molar-refractivity contribution in [1.29, 1.82) is 0 Å². The predicted octanol–water partition coefficient (Wildman–Crippen LogP) is 1.69. The van der Waals surface area contributed by atoms with E-state index in [1.807, 2.05) is 11.8 Å². The number of carbonyl (C=O) groups excluding carboxylic acids is 1. The number of aromatic nitrogens is 3. The van der Waals surface area contributed by atoms with Gasteiger partial charge in [0, 0.05) is 24.3 Å². The van der Waals surface area contributed by atoms with E-state index in [1.165, 1.54) is 0 Å². The van der Waals surface area contributed by atoms with Crippen LogP contribution in [0.15, 0.2) is 36.9 Å². The molecule has 6 nitrogen and oxygen atoms in total. The summed E-state index contributed by atoms with van der Waals surface area (Å²) in [5, 5.41) is 2.81. The monoisotopic (exact) mass is 316 g/mol. The van der Waals surface area contributed by atoms with Gasteiger partial charge in [-0.25, -0.2) is 4.98 Å². The van der Waals surface area contributed by atoms with Gasteiger partial charge >= 0.3 is 0 Å². The van der Waals surface area contributed by atoms with E-state index in [2.05, 4.69) is 20.3 Å². The average Bonchev–Trinajstić information content (AvgIpc) is 3.07. The number of amides is 1. The second-order valence-corrected chi connectivity index (χ2v) is 5.99. The largest absolute Gasteiger partial charge is 0.473 e. The minimum Gasteiger partial charge on any atom is -0.473 e. The van der Waals surface area contributed by atoms with E-state index >= 15 is 0 Å². The van der Waals surface area contributed by atoms with Gasteiger partial charge in [0.05, 0.1) is 18.4 Å². The summed E-state index contributed by atoms with van der Waals surface area (Å²) in [4.78, 5) is 24.6. The van der Waals surface area contributed by atoms with E-state index in [-0.39, 0.29) is 12.0 Å². The SMILES string of the molecule is O=C(NCc1cnccn1)c1cccnc1OC1CCSC1. The Morgan fingerprint density at radius 1 is 1.36 bits per heavy atom. The van der Waals surface area contributed by atoms with Gasteiger partial charge in [-0.15, -0.1) is 0 Å². The maximum atomic E-state index is 12.3. The predicted molar refractivity (Wildman–Crippen MR) is 83.8 cm³/mol. The first-order valence-electron chi connectivity index (χ1n) is 7.05. The van der Waals surface area contributed by atoms with Crippen molar-refractivity contribution in [3.63, 3.8) is 0 Å². The number of nitrogens with one attached hydrogen (secondary N) is 1. The number of hydrogen-bond acceptors (Lipinski definition) is 6. The van der Waals surface area contributed by atoms with Crippen LogP contribution in [0.5, 0.6) is 5.88 Å². The zero-order valence-corrected chi connectivity index (χ0v) is 12.8. The third kappa shape index (κ3) is 3.73. The van der Waals surface area contributed by atoms with Crippen LogP contribution in [0.3, 0.4) is 0 Å². The van der Waals surface area contributed by atoms with Gasteiger partial charge < -0.3 is 10.1 Å². The van der Waals surface area contributed by atoms with E-state index in [0.717, 1.165) is 17.9 Å². The van der Waals surface area contributed by atoms with Gasteiger partial charge in [0.25, 0.3) is 5.91 Å². The Balaban J connectivity index is 1.66. The van der Waals surface area contributed by atoms with Gasteiger partial charge in [-0.05, 0) is 24.3 Å². The molecule has 3 rings (SSSR count). The Hall–Kier alpha value is -2.15. The molecule has 1 aliphatic heterocycles. The highest BCUT2D eigenvalue weighted by atomic mass is 32.2. The summed E-state index contributed by atoms with van der Waals surface area (Å²) in [6, 6.07) is 3.45. The van der Waals surface area contributed by atoms with Crippen molar-refractivity contribution in [3.05, 3.63) is 48.2 Å². The summed E-state index contributed by atoms with van der Waals surface area (Å²) in [5.41, 5.74) is 1.15. The lowest BCUT2D eigenvalue weighted by molar-refractivity contribution is 0.0942. The first-order chi connectivity index (χ1) is 10.8. The van der Waals surface area contributed by atoms with Gasteiger partial charge in [-0.2, -0.15) is 11.8 Å². The molecule has 22 heavy (non-hydrogen) atoms. The summed E-state index contributed by atoms with van der Waals surface area (Å²) in [5.74, 6) is 2.20. The standard InChI is InChI=1S/C15H16N4O2S/c20-14(19-9-11-8-16-5-6-17-11)13-2-1-4-18-15(13)21-12-3-7-22-10-12/h1-2,4-6,8,12H,3,7,9-10H2,(H,19,20). The fraction of sp³-hybridized carbons (Fsp3) is 0.333. The number of rotatable bonds is 5. The lowest BCUT2D eigenvalue weighted by Crippen LogP contribution is -2.25. The van der Waals surface area contributed by atoms with Crippen LogP contribution in [0.2, 0.25) is 0 Å². The molecule has 0 spiro atoms. The highest BCUT2D eigenvalue weighted by Crippen LogP contribution is 2.24. The molecule has 0 saturated carbocycles. The number of nitrogens with zero attached hydrogens (tertiary/aromatic N) is 3. The lowest BCUT2D eigenvalue weighted by atomic mass is 10.2. The highest BCUT2D eigenvalue weighted by Gasteiger charge is 2.21. The van der Waals surface area contributed by atoms with E-state index in [4.69, 9.17) is 4.74 Å². The summed E-state index contributed by atoms with van der Waals surface area (Å²) in [6.45, 7) is 0.320. The zero-order valence-electron chi connectivity index (χ0n) is 11.9. The fourth-order valence-electron chi connectivity index (χ4n) is 2.11. The van der Waals surface area contributed by atoms with Gasteiger partial charge in [0.15, 0.2) is 0 Å². The first kappa shape index (κ1) is 14.8. The van der Waals surface area contributed by atoms with Crippen molar-refractivity contribution in [2.75, 3.05) is 11.5 Å². The van der Waals surface area contributed by atoms with Crippen LogP contribution in [0, 0.1) is 0 Å². The molecule has 114 valence electrons. The van der Waals surface area contributed by atoms with E-state index < -0.39 is 0 Å². The maximum absolute atomic E-state index is 12.3. The van der Waals surface area contributed by atoms with Gasteiger partial charge in [0.2, 0.25) is 5.88 Å². The van der Waals surface area contributed by atoms with Crippen molar-refractivity contribution < 1.29 is 9.53 Å². The van der Waals surface area contributed by atoms with Crippen molar-refractivity contribution in [2.45, 2.75) is 19.1 Å². The number of ether oxygens (including phenoxy) is 1. The van der Waals surface area contributed by atoms with Crippen molar-refractivity contribution >= 4 is 17.7 Å². The fourth-order valence-corrected chi connectivity index (χ4v) is 3.20. The van der Waals surface area contributed by atoms with Crippen LogP contribution in [0.1, 0.15) is 22.5 Å². The van der Waals surface area contributed by atoms with Crippen molar-refractivity contribution in [1.82, 2.24) is 20.3 Å². The molecule has 0 aliphatic carbocycles. The zero-order chi connectivity index (χ0) is 15.2. The molecule has 0 radical (unpaired) electrons. The third-order valence-electron chi connectivity index (χ3n) is 3.23. The second kappa shape index (κ2) is 7.22. The van der Waals surface area contributed by atoms with Gasteiger partial charge in [0.1, 0.15) is 11.7 Å². The smallest absolute Gasteiger partial charge is 0.257 e. The molecule has 1 N–H and O–H groups in total. The Morgan fingerprint density at radius 3 is 3.09 bits per heavy atom. The molecule has 1 fully saturated rings. The topological polar surface area (TPSA) is 77.0 Å². The molecule has 2 aromatic rings. The van der Waals surface area contributed by atoms with Gasteiger partial charge in [-0.1, -0.05) is 0 Å². The summed E-state index contributed by atoms with van der Waals surface area (Å²) >= 11 is 1.85. The Bertz CT molecular complexity index is 632. The first-order valence-corrected chi connectivity index (χ1v) is 8.21. The molecule has 0 bridgehead atoms. The van der Waals surface area contributed by atoms with E-state index in [9.17, 15) is 4.79 Å². The molecule has 1 unspecified atom stereocenters. The van der Waals surface area contributed by atoms with Crippen LogP contribution in [0.4, 0.5) is 0 Å². The number of pyridine rings is 1. The molecular weight excluding hydrogens is 300 g/mol. The normalized spacial score (nSPS) is 17.2. The Morgan fingerprint density at radius 2 is 2.32 bits per heavy atom. The highest BCUT2D eigenvalue weighted by molar-refractivity contribution is 7.99. The Kier molecular flexibility index (Phi) is 4.85. The molecule has 3 heterocycles. The van der Waals surface area contributed by atoms with Crippen LogP contribution >= 0.6 is 11.8 Å². The molecule has 1 saturated heterocycles. The molecule has 2 aromatic heterocycles. The minimum absolute atomic E-state index is 0.131. The van der Waals surface area contributed by atoms with Crippen LogP contribution < -0.4 is 10.1 Å². The quantitative estimate of drug-likeness (QED) is 0.904. The van der Waals surface area contributed by atoms with Gasteiger partial charge in [-0.3, -0.25) is 14.8 Å². The number of thioether (sulfide) groups is 1. The maximum Gasteiger partial charge on any atom is 0.257 e. The molecular formula is C15H16N4O2S. The van der Waals surface area contributed by atoms with Crippen LogP contribution in [-0.4, -0.2) is 38.5 Å². The lowest BCUT2D eigenvalue weighted by Gasteiger charge is -2.14. The molecule has 0 aromatic carbocycles. The molecule has 1 atom stereocenters. The minimum atomic E-state index is -0.223. The Labute approximate surface area is 132 Å². The number of hydrogen-bond donors (Lipinski definition) is 1. The third-order valence-corrected chi connectivity index (χ3v) is 4.36. The molecule has 1 aliphatic rings. The summed E-state index contributed by atoms with van der Waals surface area (Å²) < 4.78 is 5.86. The average molecular weight is 316 g/mol. The molecule has 7 heteroatoms. The summed E-state index contributed by atoms with van der Waals surface area (Å²) in [7, 11) is 0.